The highest BCUT2D eigenvalue weighted by Gasteiger charge is 2.72. The number of piperidine rings is 1. The van der Waals surface area contributed by atoms with Gasteiger partial charge in [0, 0.05) is 48.1 Å². The minimum atomic E-state index is -1.99. The summed E-state index contributed by atoms with van der Waals surface area (Å²) in [5.41, 5.74) is 1.93. The third-order valence-electron chi connectivity index (χ3n) is 10.7. The van der Waals surface area contributed by atoms with E-state index in [2.05, 4.69) is 46.6 Å². The Kier molecular flexibility index (Phi) is 6.32. The second kappa shape index (κ2) is 9.53. The summed E-state index contributed by atoms with van der Waals surface area (Å²) in [7, 11) is 2.07. The van der Waals surface area contributed by atoms with E-state index in [4.69, 9.17) is 4.74 Å². The maximum atomic E-state index is 14.4. The molecular formula is C32H43N5O5. The van der Waals surface area contributed by atoms with Gasteiger partial charge in [-0.25, -0.2) is 0 Å². The molecule has 4 aliphatic heterocycles. The van der Waals surface area contributed by atoms with E-state index in [-0.39, 0.29) is 35.6 Å². The van der Waals surface area contributed by atoms with Crippen LogP contribution in [0.3, 0.4) is 0 Å². The first-order chi connectivity index (χ1) is 20.0. The summed E-state index contributed by atoms with van der Waals surface area (Å²) in [6.45, 7) is 8.73. The first kappa shape index (κ1) is 27.9. The first-order valence-electron chi connectivity index (χ1n) is 15.6. The number of likely N-dealkylation sites (tertiary alicyclic amines) is 1. The molecule has 5 aliphatic rings. The van der Waals surface area contributed by atoms with E-state index in [1.165, 1.54) is 21.4 Å². The Balaban J connectivity index is 1.20. The molecule has 3 N–H and O–H groups in total. The number of H-pyrrole nitrogens is 1. The molecule has 4 saturated heterocycles. The van der Waals surface area contributed by atoms with Gasteiger partial charge < -0.3 is 25.2 Å². The van der Waals surface area contributed by atoms with Gasteiger partial charge >= 0.3 is 0 Å². The zero-order valence-electron chi connectivity index (χ0n) is 25.2. The van der Waals surface area contributed by atoms with Crippen molar-refractivity contribution in [3.05, 3.63) is 35.5 Å². The van der Waals surface area contributed by atoms with Crippen molar-refractivity contribution in [1.82, 2.24) is 25.0 Å². The summed E-state index contributed by atoms with van der Waals surface area (Å²) in [5, 5.41) is 16.4. The molecule has 4 fully saturated rings. The summed E-state index contributed by atoms with van der Waals surface area (Å²) < 4.78 is 6.45. The fraction of sp³-hybridized carbons (Fsp3) is 0.656. The Hall–Kier alpha value is -2.95. The second-order valence-corrected chi connectivity index (χ2v) is 14.0. The largest absolute Gasteiger partial charge is 0.361 e. The highest BCUT2D eigenvalue weighted by Crippen LogP contribution is 2.49. The van der Waals surface area contributed by atoms with E-state index in [1.807, 2.05) is 27.7 Å². The number of likely N-dealkylation sites (N-methyl/N-ethyl adjacent to an activating group) is 1. The monoisotopic (exact) mass is 577 g/mol. The molecule has 0 spiro atoms. The van der Waals surface area contributed by atoms with Gasteiger partial charge in [-0.15, -0.1) is 0 Å². The fourth-order valence-electron chi connectivity index (χ4n) is 8.63. The highest BCUT2D eigenvalue weighted by atomic mass is 16.7. The number of benzene rings is 1. The predicted octanol–water partition coefficient (Wildman–Crippen LogP) is 2.52. The van der Waals surface area contributed by atoms with Crippen molar-refractivity contribution in [2.75, 3.05) is 20.1 Å². The summed E-state index contributed by atoms with van der Waals surface area (Å²) >= 11 is 0. The van der Waals surface area contributed by atoms with Crippen LogP contribution in [0.5, 0.6) is 0 Å². The minimum absolute atomic E-state index is 0.116. The van der Waals surface area contributed by atoms with Crippen molar-refractivity contribution >= 4 is 28.6 Å². The topological polar surface area (TPSA) is 118 Å². The molecule has 1 aromatic carbocycles. The number of nitrogens with zero attached hydrogens (tertiary/aromatic N) is 3. The van der Waals surface area contributed by atoms with Crippen LogP contribution in [0, 0.1) is 17.8 Å². The van der Waals surface area contributed by atoms with Crippen molar-refractivity contribution in [3.8, 4) is 0 Å². The molecule has 42 heavy (non-hydrogen) atoms. The third-order valence-corrected chi connectivity index (χ3v) is 10.7. The molecule has 226 valence electrons. The number of fused-ring (bicyclic) bond motifs is 5. The van der Waals surface area contributed by atoms with Crippen LogP contribution >= 0.6 is 0 Å². The summed E-state index contributed by atoms with van der Waals surface area (Å²) in [6.07, 6.45) is 5.36. The average Bonchev–Trinajstić information content (AvgIpc) is 3.65. The number of hydrogen-bond acceptors (Lipinski definition) is 6. The predicted molar refractivity (Wildman–Crippen MR) is 156 cm³/mol. The standard InChI is InChI=1S/C32H43N5O5/c1-17(2)12-25-29(39)36-11-7-10-26(36)32(41)37(25)30(40)31(42-32,18(3)4)34-28(38)20-13-22-21-8-6-9-23-27(21)19(15-33-23)14-24(22)35(5)16-20/h6,8-9,15,17-18,20,22,24-26,33,41H,7,10-14,16H2,1-5H3,(H,34,38)/t20-,22?,24-,25?,26+,31-,32?/m1/s1. The molecule has 0 radical (unpaired) electrons. The van der Waals surface area contributed by atoms with Crippen LogP contribution in [-0.4, -0.2) is 92.4 Å². The number of carbonyl (C=O) groups excluding carboxylic acids is 3. The van der Waals surface area contributed by atoms with Gasteiger partial charge in [0.25, 0.3) is 11.8 Å². The molecule has 10 nitrogen and oxygen atoms in total. The van der Waals surface area contributed by atoms with Gasteiger partial charge in [0.05, 0.1) is 5.92 Å². The zero-order chi connectivity index (χ0) is 29.7. The summed E-state index contributed by atoms with van der Waals surface area (Å²) in [5.74, 6) is -3.48. The maximum absolute atomic E-state index is 14.4. The Labute approximate surface area is 246 Å². The molecule has 1 aromatic heterocycles. The van der Waals surface area contributed by atoms with Gasteiger partial charge in [-0.05, 0) is 62.3 Å². The Morgan fingerprint density at radius 1 is 1.24 bits per heavy atom. The number of hydrogen-bond donors (Lipinski definition) is 3. The molecule has 7 rings (SSSR count). The van der Waals surface area contributed by atoms with E-state index in [0.29, 0.717) is 32.4 Å². The van der Waals surface area contributed by atoms with E-state index >= 15 is 0 Å². The van der Waals surface area contributed by atoms with Gasteiger partial charge in [0.1, 0.15) is 12.1 Å². The van der Waals surface area contributed by atoms with Crippen LogP contribution in [-0.2, 0) is 25.5 Å². The Morgan fingerprint density at radius 2 is 2.02 bits per heavy atom. The SMILES string of the molecule is CC(C)CC1C(=O)N2CCC[C@H]2C2(O)O[C@](NC(=O)[C@@H]3CC4c5cccc6[nH]cc(c56)C[C@H]4N(C)C3)(C(C)C)C(=O)N12. The lowest BCUT2D eigenvalue weighted by Gasteiger charge is -2.49. The molecule has 5 heterocycles. The fourth-order valence-corrected chi connectivity index (χ4v) is 8.63. The normalized spacial score (nSPS) is 36.1. The van der Waals surface area contributed by atoms with E-state index in [0.717, 1.165) is 18.4 Å². The van der Waals surface area contributed by atoms with Crippen molar-refractivity contribution in [2.45, 2.75) is 95.5 Å². The van der Waals surface area contributed by atoms with Gasteiger partial charge in [-0.1, -0.05) is 39.8 Å². The number of amides is 3. The third kappa shape index (κ3) is 3.77. The average molecular weight is 578 g/mol. The number of nitrogens with one attached hydrogen (secondary N) is 2. The van der Waals surface area contributed by atoms with Crippen LogP contribution in [0.2, 0.25) is 0 Å². The molecule has 0 saturated carbocycles. The van der Waals surface area contributed by atoms with Crippen LogP contribution in [0.25, 0.3) is 10.9 Å². The second-order valence-electron chi connectivity index (χ2n) is 14.0. The quantitative estimate of drug-likeness (QED) is 0.503. The zero-order valence-corrected chi connectivity index (χ0v) is 25.2. The molecule has 0 bridgehead atoms. The summed E-state index contributed by atoms with van der Waals surface area (Å²) in [6, 6.07) is 5.13. The lowest BCUT2D eigenvalue weighted by atomic mass is 9.72. The van der Waals surface area contributed by atoms with Crippen LogP contribution in [0.15, 0.2) is 24.4 Å². The van der Waals surface area contributed by atoms with Gasteiger partial charge in [-0.2, -0.15) is 0 Å². The Morgan fingerprint density at radius 3 is 2.76 bits per heavy atom. The molecule has 3 unspecified atom stereocenters. The number of aromatic amines is 1. The van der Waals surface area contributed by atoms with Crippen molar-refractivity contribution < 1.29 is 24.2 Å². The number of aromatic nitrogens is 1. The number of piperazine rings is 1. The first-order valence-corrected chi connectivity index (χ1v) is 15.6. The number of carbonyl (C=O) groups is 3. The highest BCUT2D eigenvalue weighted by molar-refractivity contribution is 5.97. The van der Waals surface area contributed by atoms with Gasteiger partial charge in [0.15, 0.2) is 0 Å². The molecule has 2 aromatic rings. The Bertz CT molecular complexity index is 1450. The molecule has 7 atom stereocenters. The van der Waals surface area contributed by atoms with Gasteiger partial charge in [0.2, 0.25) is 17.5 Å². The van der Waals surface area contributed by atoms with Gasteiger partial charge in [-0.3, -0.25) is 24.0 Å². The van der Waals surface area contributed by atoms with E-state index in [1.54, 1.807) is 4.90 Å². The lowest BCUT2D eigenvalue weighted by molar-refractivity contribution is -0.322. The van der Waals surface area contributed by atoms with Crippen molar-refractivity contribution in [1.29, 1.82) is 0 Å². The van der Waals surface area contributed by atoms with Crippen LogP contribution in [0.4, 0.5) is 0 Å². The van der Waals surface area contributed by atoms with Crippen molar-refractivity contribution in [2.24, 2.45) is 17.8 Å². The number of rotatable bonds is 5. The van der Waals surface area contributed by atoms with E-state index in [9.17, 15) is 19.5 Å². The smallest absolute Gasteiger partial charge is 0.281 e. The molecular weight excluding hydrogens is 534 g/mol. The molecule has 10 heteroatoms. The van der Waals surface area contributed by atoms with Crippen LogP contribution in [0.1, 0.15) is 70.4 Å². The summed E-state index contributed by atoms with van der Waals surface area (Å²) in [4.78, 5) is 50.8. The minimum Gasteiger partial charge on any atom is -0.361 e. The molecule has 1 aliphatic carbocycles. The van der Waals surface area contributed by atoms with Crippen molar-refractivity contribution in [3.63, 3.8) is 0 Å². The van der Waals surface area contributed by atoms with E-state index < -0.39 is 35.5 Å². The van der Waals surface area contributed by atoms with Crippen LogP contribution < -0.4 is 5.32 Å². The maximum Gasteiger partial charge on any atom is 0.281 e. The lowest BCUT2D eigenvalue weighted by Crippen LogP contribution is -2.71. The number of ether oxygens (including phenoxy) is 1. The number of aliphatic hydroxyl groups is 1. The molecule has 3 amide bonds.